The number of ether oxygens (including phenoxy) is 1. The second-order valence-corrected chi connectivity index (χ2v) is 7.24. The lowest BCUT2D eigenvalue weighted by Crippen LogP contribution is -2.37. The molecule has 1 saturated heterocycles. The molecule has 7 nitrogen and oxygen atoms in total. The first kappa shape index (κ1) is 18.4. The highest BCUT2D eigenvalue weighted by molar-refractivity contribution is 6.15. The molecular weight excluding hydrogens is 356 g/mol. The highest BCUT2D eigenvalue weighted by atomic mass is 16.5. The van der Waals surface area contributed by atoms with Gasteiger partial charge in [-0.1, -0.05) is 26.0 Å². The molecule has 1 N–H and O–H groups in total. The van der Waals surface area contributed by atoms with Crippen LogP contribution in [0.4, 0.5) is 11.5 Å². The number of nitrogens with zero attached hydrogens (tertiary/aromatic N) is 3. The van der Waals surface area contributed by atoms with Crippen molar-refractivity contribution in [2.45, 2.75) is 26.7 Å². The third-order valence-electron chi connectivity index (χ3n) is 5.02. The predicted molar refractivity (Wildman–Crippen MR) is 108 cm³/mol. The summed E-state index contributed by atoms with van der Waals surface area (Å²) in [6, 6.07) is 7.90. The van der Waals surface area contributed by atoms with E-state index < -0.39 is 0 Å². The molecule has 4 rings (SSSR count). The summed E-state index contributed by atoms with van der Waals surface area (Å²) in [5, 5.41) is 3.63. The Bertz CT molecular complexity index is 989. The molecule has 28 heavy (non-hydrogen) atoms. The van der Waals surface area contributed by atoms with Crippen LogP contribution in [0.15, 0.2) is 35.0 Å². The van der Waals surface area contributed by atoms with E-state index in [4.69, 9.17) is 9.15 Å². The summed E-state index contributed by atoms with van der Waals surface area (Å²) in [5.41, 5.74) is 2.87. The first-order chi connectivity index (χ1) is 13.5. The fraction of sp³-hybridized carbons (Fsp3) is 0.381. The molecular formula is C21H24N4O3. The van der Waals surface area contributed by atoms with E-state index in [-0.39, 0.29) is 5.91 Å². The normalized spacial score (nSPS) is 14.6. The lowest BCUT2D eigenvalue weighted by molar-refractivity contribution is 0.102. The van der Waals surface area contributed by atoms with Crippen LogP contribution in [0.2, 0.25) is 0 Å². The Labute approximate surface area is 163 Å². The van der Waals surface area contributed by atoms with Crippen LogP contribution in [0, 0.1) is 6.92 Å². The fourth-order valence-corrected chi connectivity index (χ4v) is 3.46. The molecule has 1 aromatic carbocycles. The summed E-state index contributed by atoms with van der Waals surface area (Å²) in [4.78, 5) is 23.9. The smallest absolute Gasteiger partial charge is 0.260 e. The molecule has 0 saturated carbocycles. The zero-order chi connectivity index (χ0) is 19.7. The van der Waals surface area contributed by atoms with Crippen molar-refractivity contribution in [3.8, 4) is 0 Å². The van der Waals surface area contributed by atoms with E-state index in [1.165, 1.54) is 11.9 Å². The number of carbonyl (C=O) groups is 1. The van der Waals surface area contributed by atoms with Gasteiger partial charge in [-0.15, -0.1) is 0 Å². The van der Waals surface area contributed by atoms with Crippen molar-refractivity contribution in [1.29, 1.82) is 0 Å². The van der Waals surface area contributed by atoms with Crippen LogP contribution < -0.4 is 10.2 Å². The van der Waals surface area contributed by atoms with Crippen LogP contribution in [0.1, 0.15) is 41.4 Å². The maximum atomic E-state index is 13.1. The number of hydrogen-bond acceptors (Lipinski definition) is 6. The van der Waals surface area contributed by atoms with Gasteiger partial charge in [0.05, 0.1) is 24.2 Å². The minimum Gasteiger partial charge on any atom is -0.442 e. The first-order valence-electron chi connectivity index (χ1n) is 9.52. The van der Waals surface area contributed by atoms with Gasteiger partial charge in [-0.25, -0.2) is 9.97 Å². The van der Waals surface area contributed by atoms with Crippen LogP contribution in [-0.4, -0.2) is 42.2 Å². The Hall–Kier alpha value is -2.93. The van der Waals surface area contributed by atoms with Crippen molar-refractivity contribution in [3.05, 3.63) is 47.5 Å². The summed E-state index contributed by atoms with van der Waals surface area (Å²) < 4.78 is 11.2. The maximum absolute atomic E-state index is 13.1. The summed E-state index contributed by atoms with van der Waals surface area (Å²) >= 11 is 0. The van der Waals surface area contributed by atoms with E-state index in [1.807, 2.05) is 24.3 Å². The fourth-order valence-electron chi connectivity index (χ4n) is 3.46. The zero-order valence-corrected chi connectivity index (χ0v) is 16.4. The number of aryl methyl sites for hydroxylation is 1. The van der Waals surface area contributed by atoms with Gasteiger partial charge in [0.1, 0.15) is 17.9 Å². The first-order valence-corrected chi connectivity index (χ1v) is 9.52. The molecule has 0 radical (unpaired) electrons. The van der Waals surface area contributed by atoms with Crippen LogP contribution in [0.25, 0.3) is 11.1 Å². The molecule has 0 unspecified atom stereocenters. The molecule has 3 aromatic rings. The van der Waals surface area contributed by atoms with Gasteiger partial charge in [-0.2, -0.15) is 0 Å². The number of hydrogen-bond donors (Lipinski definition) is 1. The van der Waals surface area contributed by atoms with E-state index in [2.05, 4.69) is 34.0 Å². The van der Waals surface area contributed by atoms with Gasteiger partial charge in [0.15, 0.2) is 0 Å². The largest absolute Gasteiger partial charge is 0.442 e. The lowest BCUT2D eigenvalue weighted by Gasteiger charge is -2.28. The van der Waals surface area contributed by atoms with Crippen molar-refractivity contribution < 1.29 is 13.9 Å². The van der Waals surface area contributed by atoms with E-state index in [1.54, 1.807) is 6.92 Å². The molecule has 3 heterocycles. The van der Waals surface area contributed by atoms with E-state index in [9.17, 15) is 4.79 Å². The highest BCUT2D eigenvalue weighted by Gasteiger charge is 2.26. The number of furan rings is 1. The molecule has 146 valence electrons. The van der Waals surface area contributed by atoms with Crippen molar-refractivity contribution in [2.75, 3.05) is 36.5 Å². The molecule has 7 heteroatoms. The number of benzene rings is 1. The topological polar surface area (TPSA) is 80.5 Å². The van der Waals surface area contributed by atoms with Gasteiger partial charge in [-0.05, 0) is 30.5 Å². The Morgan fingerprint density at radius 3 is 2.54 bits per heavy atom. The third-order valence-corrected chi connectivity index (χ3v) is 5.02. The van der Waals surface area contributed by atoms with E-state index in [0.29, 0.717) is 60.5 Å². The Morgan fingerprint density at radius 1 is 1.14 bits per heavy atom. The summed E-state index contributed by atoms with van der Waals surface area (Å²) in [5.74, 6) is 1.46. The predicted octanol–water partition coefficient (Wildman–Crippen LogP) is 3.74. The summed E-state index contributed by atoms with van der Waals surface area (Å²) in [6.45, 7) is 8.76. The molecule has 1 amide bonds. The molecule has 2 aromatic heterocycles. The monoisotopic (exact) mass is 380 g/mol. The van der Waals surface area contributed by atoms with Crippen LogP contribution in [-0.2, 0) is 4.74 Å². The number of amides is 1. The Kier molecular flexibility index (Phi) is 5.00. The van der Waals surface area contributed by atoms with Crippen LogP contribution >= 0.6 is 0 Å². The van der Waals surface area contributed by atoms with Crippen LogP contribution in [0.3, 0.4) is 0 Å². The second kappa shape index (κ2) is 7.59. The van der Waals surface area contributed by atoms with Gasteiger partial charge in [0.25, 0.3) is 5.91 Å². The van der Waals surface area contributed by atoms with Crippen molar-refractivity contribution >= 4 is 28.5 Å². The second-order valence-electron chi connectivity index (χ2n) is 7.24. The quantitative estimate of drug-likeness (QED) is 0.743. The molecule has 0 spiro atoms. The third kappa shape index (κ3) is 3.45. The minimum absolute atomic E-state index is 0.224. The van der Waals surface area contributed by atoms with Gasteiger partial charge in [-0.3, -0.25) is 4.79 Å². The van der Waals surface area contributed by atoms with Crippen LogP contribution in [0.5, 0.6) is 0 Å². The minimum atomic E-state index is -0.224. The highest BCUT2D eigenvalue weighted by Crippen LogP contribution is 2.32. The van der Waals surface area contributed by atoms with Gasteiger partial charge >= 0.3 is 0 Å². The molecule has 1 aliphatic heterocycles. The number of rotatable bonds is 4. The standard InChI is InChI=1S/C21H24N4O3/c1-13(2)15-4-6-16(7-5-15)24-20(26)17-14(3)28-21-18(17)19(22-12-23-21)25-8-10-27-11-9-25/h4-7,12-13H,8-11H2,1-3H3,(H,24,26). The van der Waals surface area contributed by atoms with Gasteiger partial charge in [0, 0.05) is 18.8 Å². The van der Waals surface area contributed by atoms with Crippen molar-refractivity contribution in [2.24, 2.45) is 0 Å². The molecule has 1 fully saturated rings. The molecule has 0 bridgehead atoms. The maximum Gasteiger partial charge on any atom is 0.260 e. The number of anilines is 2. The number of morpholine rings is 1. The number of aromatic nitrogens is 2. The SMILES string of the molecule is Cc1oc2ncnc(N3CCOCC3)c2c1C(=O)Nc1ccc(C(C)C)cc1. The lowest BCUT2D eigenvalue weighted by atomic mass is 10.0. The Balaban J connectivity index is 1.69. The average Bonchev–Trinajstić information content (AvgIpc) is 3.05. The molecule has 0 aliphatic carbocycles. The molecule has 1 aliphatic rings. The van der Waals surface area contributed by atoms with E-state index in [0.717, 1.165) is 5.69 Å². The van der Waals surface area contributed by atoms with Crippen molar-refractivity contribution in [3.63, 3.8) is 0 Å². The Morgan fingerprint density at radius 2 is 1.86 bits per heavy atom. The van der Waals surface area contributed by atoms with Gasteiger partial charge < -0.3 is 19.4 Å². The number of carbonyl (C=O) groups excluding carboxylic acids is 1. The zero-order valence-electron chi connectivity index (χ0n) is 16.4. The number of fused-ring (bicyclic) bond motifs is 1. The van der Waals surface area contributed by atoms with Gasteiger partial charge in [0.2, 0.25) is 5.71 Å². The van der Waals surface area contributed by atoms with Crippen molar-refractivity contribution in [1.82, 2.24) is 9.97 Å². The molecule has 0 atom stereocenters. The average molecular weight is 380 g/mol. The number of nitrogens with one attached hydrogen (secondary N) is 1. The van der Waals surface area contributed by atoms with E-state index >= 15 is 0 Å². The summed E-state index contributed by atoms with van der Waals surface area (Å²) in [6.07, 6.45) is 1.47. The summed E-state index contributed by atoms with van der Waals surface area (Å²) in [7, 11) is 0.